The number of rotatable bonds is 10. The van der Waals surface area contributed by atoms with Crippen molar-refractivity contribution in [3.8, 4) is 34.0 Å². The van der Waals surface area contributed by atoms with Crippen molar-refractivity contribution in [1.82, 2.24) is 19.9 Å². The number of nitrogens with zero attached hydrogens (tertiary/aromatic N) is 1. The average molecular weight is 487 g/mol. The Hall–Kier alpha value is -4.08. The summed E-state index contributed by atoms with van der Waals surface area (Å²) in [7, 11) is 0. The van der Waals surface area contributed by atoms with E-state index >= 15 is 0 Å². The molecule has 0 saturated carbocycles. The van der Waals surface area contributed by atoms with Gasteiger partial charge in [-0.2, -0.15) is 0 Å². The van der Waals surface area contributed by atoms with Crippen molar-refractivity contribution in [2.24, 2.45) is 11.5 Å². The molecule has 4 rings (SSSR count). The molecular formula is C27H30N6O3. The molecule has 0 fully saturated rings. The molecular weight excluding hydrogens is 456 g/mol. The van der Waals surface area contributed by atoms with Crippen LogP contribution in [0.3, 0.4) is 0 Å². The van der Waals surface area contributed by atoms with Crippen molar-refractivity contribution in [2.45, 2.75) is 31.6 Å². The van der Waals surface area contributed by atoms with Crippen LogP contribution in [-0.2, 0) is 0 Å². The Morgan fingerprint density at radius 1 is 0.778 bits per heavy atom. The monoisotopic (exact) mass is 486 g/mol. The van der Waals surface area contributed by atoms with Crippen LogP contribution in [0.5, 0.6) is 0 Å². The molecule has 0 aliphatic rings. The molecule has 1 unspecified atom stereocenters. The molecule has 7 N–H and O–H groups in total. The molecule has 0 aromatic carbocycles. The second-order valence-corrected chi connectivity index (χ2v) is 8.74. The Labute approximate surface area is 207 Å². The van der Waals surface area contributed by atoms with Gasteiger partial charge in [0, 0.05) is 65.7 Å². The summed E-state index contributed by atoms with van der Waals surface area (Å²) in [4.78, 5) is 51.0. The number of pyridine rings is 4. The molecule has 1 atom stereocenters. The summed E-state index contributed by atoms with van der Waals surface area (Å²) < 4.78 is 0. The van der Waals surface area contributed by atoms with Crippen LogP contribution in [0.1, 0.15) is 37.2 Å². The Morgan fingerprint density at radius 2 is 1.58 bits per heavy atom. The lowest BCUT2D eigenvalue weighted by Crippen LogP contribution is -2.17. The van der Waals surface area contributed by atoms with Crippen molar-refractivity contribution in [2.75, 3.05) is 13.1 Å². The van der Waals surface area contributed by atoms with E-state index in [9.17, 15) is 14.4 Å². The summed E-state index contributed by atoms with van der Waals surface area (Å²) in [6.07, 6.45) is 8.36. The summed E-state index contributed by atoms with van der Waals surface area (Å²) in [5.74, 6) is 0.0795. The molecule has 0 aliphatic carbocycles. The van der Waals surface area contributed by atoms with Gasteiger partial charge >= 0.3 is 0 Å². The fraction of sp³-hybridized carbons (Fsp3) is 0.259. The van der Waals surface area contributed by atoms with Gasteiger partial charge in [-0.3, -0.25) is 19.4 Å². The minimum Gasteiger partial charge on any atom is -0.360 e. The lowest BCUT2D eigenvalue weighted by molar-refractivity contribution is 0.542. The second-order valence-electron chi connectivity index (χ2n) is 8.74. The highest BCUT2D eigenvalue weighted by Gasteiger charge is 2.16. The topological polar surface area (TPSA) is 164 Å². The number of nitrogens with two attached hydrogens (primary N) is 2. The van der Waals surface area contributed by atoms with E-state index in [1.165, 1.54) is 30.5 Å². The molecule has 4 heterocycles. The Morgan fingerprint density at radius 3 is 2.33 bits per heavy atom. The molecule has 0 amide bonds. The highest BCUT2D eigenvalue weighted by molar-refractivity contribution is 5.68. The molecule has 4 aromatic rings. The van der Waals surface area contributed by atoms with Crippen LogP contribution in [-0.4, -0.2) is 33.0 Å². The van der Waals surface area contributed by atoms with E-state index in [0.717, 1.165) is 25.7 Å². The number of hydrogen-bond donors (Lipinski definition) is 5. The first-order chi connectivity index (χ1) is 17.5. The van der Waals surface area contributed by atoms with Crippen molar-refractivity contribution >= 4 is 0 Å². The van der Waals surface area contributed by atoms with Crippen molar-refractivity contribution in [3.63, 3.8) is 0 Å². The van der Waals surface area contributed by atoms with E-state index in [2.05, 4.69) is 19.9 Å². The first kappa shape index (κ1) is 25.0. The highest BCUT2D eigenvalue weighted by atomic mass is 16.1. The summed E-state index contributed by atoms with van der Waals surface area (Å²) in [5, 5.41) is 0. The Balaban J connectivity index is 1.66. The molecule has 186 valence electrons. The fourth-order valence-electron chi connectivity index (χ4n) is 4.33. The zero-order chi connectivity index (χ0) is 25.5. The third-order valence-electron chi connectivity index (χ3n) is 6.16. The van der Waals surface area contributed by atoms with E-state index in [1.807, 2.05) is 0 Å². The van der Waals surface area contributed by atoms with Crippen LogP contribution in [0.4, 0.5) is 0 Å². The number of H-pyrrole nitrogens is 3. The van der Waals surface area contributed by atoms with E-state index in [0.29, 0.717) is 52.7 Å². The maximum absolute atomic E-state index is 13.0. The summed E-state index contributed by atoms with van der Waals surface area (Å²) in [5.41, 5.74) is 15.1. The number of aromatic amines is 3. The zero-order valence-corrected chi connectivity index (χ0v) is 19.9. The van der Waals surface area contributed by atoms with Gasteiger partial charge in [0.2, 0.25) is 0 Å². The number of nitrogens with one attached hydrogen (secondary N) is 3. The van der Waals surface area contributed by atoms with E-state index in [1.54, 1.807) is 30.6 Å². The Kier molecular flexibility index (Phi) is 8.04. The third kappa shape index (κ3) is 5.94. The highest BCUT2D eigenvalue weighted by Crippen LogP contribution is 2.25. The maximum atomic E-state index is 13.0. The van der Waals surface area contributed by atoms with Gasteiger partial charge in [0.1, 0.15) is 0 Å². The first-order valence-electron chi connectivity index (χ1n) is 12.0. The smallest absolute Gasteiger partial charge is 0.185 e. The minimum atomic E-state index is -0.208. The normalized spacial score (nSPS) is 11.9. The minimum absolute atomic E-state index is 0.0643. The zero-order valence-electron chi connectivity index (χ0n) is 19.9. The van der Waals surface area contributed by atoms with Crippen LogP contribution in [0, 0.1) is 0 Å². The maximum Gasteiger partial charge on any atom is 0.185 e. The van der Waals surface area contributed by atoms with Crippen molar-refractivity contribution in [3.05, 3.63) is 97.3 Å². The van der Waals surface area contributed by atoms with Crippen LogP contribution < -0.4 is 27.8 Å². The van der Waals surface area contributed by atoms with Gasteiger partial charge in [-0.25, -0.2) is 0 Å². The predicted octanol–water partition coefficient (Wildman–Crippen LogP) is 2.71. The van der Waals surface area contributed by atoms with E-state index in [4.69, 9.17) is 11.5 Å². The van der Waals surface area contributed by atoms with Gasteiger partial charge in [-0.05, 0) is 50.4 Å². The molecule has 36 heavy (non-hydrogen) atoms. The third-order valence-corrected chi connectivity index (χ3v) is 6.16. The van der Waals surface area contributed by atoms with Crippen LogP contribution in [0.15, 0.2) is 75.4 Å². The fourth-order valence-corrected chi connectivity index (χ4v) is 4.33. The van der Waals surface area contributed by atoms with Gasteiger partial charge in [-0.1, -0.05) is 6.42 Å². The quantitative estimate of drug-likeness (QED) is 0.216. The van der Waals surface area contributed by atoms with Crippen LogP contribution in [0.25, 0.3) is 34.0 Å². The standard InChI is InChI=1S/C27H30N6O3/c28-7-2-1-3-17(4-8-29)21-16-32-25(15-27(21)36)23-11-18(5-9-30-23)22-13-20(35)14-26(33-22)24-12-19(34)6-10-31-24/h5-6,9-17H,1-4,7-8,28-29H2,(H,31,34)(H,32,36)(H,33,35). The van der Waals surface area contributed by atoms with Crippen LogP contribution >= 0.6 is 0 Å². The summed E-state index contributed by atoms with van der Waals surface area (Å²) in [6.45, 7) is 1.14. The SMILES string of the molecule is NCCCCC(CCN)c1c[nH]c(-c2cc(-c3cc(=O)cc(-c4cc(=O)cc[nH]4)[nH]3)ccn2)cc1=O. The second kappa shape index (κ2) is 11.6. The number of hydrogen-bond acceptors (Lipinski definition) is 6. The van der Waals surface area contributed by atoms with Crippen molar-refractivity contribution in [1.29, 1.82) is 0 Å². The van der Waals surface area contributed by atoms with E-state index < -0.39 is 0 Å². The molecule has 9 nitrogen and oxygen atoms in total. The molecule has 0 aliphatic heterocycles. The molecule has 9 heteroatoms. The lowest BCUT2D eigenvalue weighted by Gasteiger charge is -2.16. The average Bonchev–Trinajstić information content (AvgIpc) is 2.88. The molecule has 4 aromatic heterocycles. The summed E-state index contributed by atoms with van der Waals surface area (Å²) in [6, 6.07) is 10.9. The summed E-state index contributed by atoms with van der Waals surface area (Å²) >= 11 is 0. The Bertz CT molecular complexity index is 1500. The molecule has 0 saturated heterocycles. The van der Waals surface area contributed by atoms with Gasteiger partial charge in [0.05, 0.1) is 22.8 Å². The predicted molar refractivity (Wildman–Crippen MR) is 142 cm³/mol. The van der Waals surface area contributed by atoms with Gasteiger partial charge in [0.15, 0.2) is 16.3 Å². The number of aromatic nitrogens is 4. The van der Waals surface area contributed by atoms with Gasteiger partial charge in [-0.15, -0.1) is 0 Å². The first-order valence-corrected chi connectivity index (χ1v) is 12.0. The lowest BCUT2D eigenvalue weighted by atomic mass is 9.91. The van der Waals surface area contributed by atoms with Gasteiger partial charge in [0.25, 0.3) is 0 Å². The molecule has 0 bridgehead atoms. The molecule has 0 spiro atoms. The van der Waals surface area contributed by atoms with Crippen molar-refractivity contribution < 1.29 is 0 Å². The largest absolute Gasteiger partial charge is 0.360 e. The van der Waals surface area contributed by atoms with Gasteiger partial charge < -0.3 is 26.4 Å². The number of unbranched alkanes of at least 4 members (excludes halogenated alkanes) is 1. The molecule has 0 radical (unpaired) electrons. The van der Waals surface area contributed by atoms with Crippen LogP contribution in [0.2, 0.25) is 0 Å². The van der Waals surface area contributed by atoms with E-state index in [-0.39, 0.29) is 22.2 Å².